The fourth-order valence-electron chi connectivity index (χ4n) is 3.72. The Hall–Kier alpha value is -1.93. The first-order valence-electron chi connectivity index (χ1n) is 8.56. The van der Waals surface area contributed by atoms with E-state index in [1.807, 2.05) is 5.38 Å². The van der Waals surface area contributed by atoms with E-state index in [2.05, 4.69) is 27.5 Å². The number of alkyl halides is 3. The molecule has 2 saturated heterocycles. The van der Waals surface area contributed by atoms with E-state index in [1.165, 1.54) is 42.0 Å². The fourth-order valence-corrected chi connectivity index (χ4v) is 4.38. The number of rotatable bonds is 3. The topological polar surface area (TPSA) is 40.5 Å². The van der Waals surface area contributed by atoms with Crippen molar-refractivity contribution in [1.82, 2.24) is 9.88 Å². The lowest BCUT2D eigenvalue weighted by Crippen LogP contribution is -2.40. The van der Waals surface area contributed by atoms with Gasteiger partial charge in [-0.2, -0.15) is 18.3 Å². The summed E-state index contributed by atoms with van der Waals surface area (Å²) in [4.78, 5) is 6.88. The van der Waals surface area contributed by atoms with Gasteiger partial charge in [-0.3, -0.25) is 10.3 Å². The zero-order valence-electron chi connectivity index (χ0n) is 14.3. The van der Waals surface area contributed by atoms with Crippen LogP contribution in [-0.4, -0.2) is 34.7 Å². The molecule has 1 aromatic heterocycles. The summed E-state index contributed by atoms with van der Waals surface area (Å²) in [6.45, 7) is 0. The maximum Gasteiger partial charge on any atom is 0.416 e. The van der Waals surface area contributed by atoms with Crippen molar-refractivity contribution >= 4 is 22.2 Å². The molecule has 0 amide bonds. The predicted octanol–water partition coefficient (Wildman–Crippen LogP) is 4.85. The smallest absolute Gasteiger partial charge is 0.300 e. The van der Waals surface area contributed by atoms with Gasteiger partial charge < -0.3 is 0 Å². The van der Waals surface area contributed by atoms with Gasteiger partial charge in [-0.05, 0) is 32.0 Å². The van der Waals surface area contributed by atoms with Gasteiger partial charge in [0, 0.05) is 41.6 Å². The molecule has 0 spiro atoms. The van der Waals surface area contributed by atoms with Crippen LogP contribution < -0.4 is 5.43 Å². The third-order valence-electron chi connectivity index (χ3n) is 5.25. The Morgan fingerprint density at radius 3 is 2.42 bits per heavy atom. The van der Waals surface area contributed by atoms with Gasteiger partial charge in [-0.25, -0.2) is 4.98 Å². The van der Waals surface area contributed by atoms with Crippen LogP contribution in [0.1, 0.15) is 31.2 Å². The van der Waals surface area contributed by atoms with Crippen LogP contribution in [0.2, 0.25) is 0 Å². The maximum absolute atomic E-state index is 12.6. The van der Waals surface area contributed by atoms with E-state index < -0.39 is 11.7 Å². The van der Waals surface area contributed by atoms with Gasteiger partial charge in [0.2, 0.25) is 5.13 Å². The number of hydrogen-bond donors (Lipinski definition) is 1. The molecular formula is C18H19F3N4S. The first-order valence-corrected chi connectivity index (χ1v) is 9.44. The molecule has 1 N–H and O–H groups in total. The number of nitrogens with zero attached hydrogens (tertiary/aromatic N) is 3. The quantitative estimate of drug-likeness (QED) is 0.774. The minimum Gasteiger partial charge on any atom is -0.300 e. The summed E-state index contributed by atoms with van der Waals surface area (Å²) < 4.78 is 37.9. The molecule has 1 aromatic carbocycles. The Balaban J connectivity index is 1.43. The summed E-state index contributed by atoms with van der Waals surface area (Å²) in [6, 6.07) is 6.23. The van der Waals surface area contributed by atoms with E-state index in [4.69, 9.17) is 0 Å². The van der Waals surface area contributed by atoms with Gasteiger partial charge in [0.1, 0.15) is 0 Å². The molecule has 3 heterocycles. The van der Waals surface area contributed by atoms with E-state index in [1.54, 1.807) is 0 Å². The second kappa shape index (κ2) is 6.66. The van der Waals surface area contributed by atoms with Crippen LogP contribution in [0, 0.1) is 0 Å². The summed E-state index contributed by atoms with van der Waals surface area (Å²) in [7, 11) is 2.18. The summed E-state index contributed by atoms with van der Waals surface area (Å²) in [5, 5.41) is 7.00. The number of benzene rings is 1. The molecule has 2 aliphatic rings. The van der Waals surface area contributed by atoms with Crippen molar-refractivity contribution in [3.63, 3.8) is 0 Å². The number of aromatic nitrogens is 1. The predicted molar refractivity (Wildman–Crippen MR) is 97.4 cm³/mol. The van der Waals surface area contributed by atoms with Crippen molar-refractivity contribution in [2.24, 2.45) is 5.10 Å². The lowest BCUT2D eigenvalue weighted by molar-refractivity contribution is -0.137. The van der Waals surface area contributed by atoms with Crippen molar-refractivity contribution in [3.8, 4) is 11.3 Å². The van der Waals surface area contributed by atoms with E-state index in [-0.39, 0.29) is 0 Å². The molecule has 0 aliphatic carbocycles. The van der Waals surface area contributed by atoms with Crippen molar-refractivity contribution in [2.45, 2.75) is 43.9 Å². The van der Waals surface area contributed by atoms with Crippen molar-refractivity contribution in [1.29, 1.82) is 0 Å². The van der Waals surface area contributed by atoms with Gasteiger partial charge in [-0.15, -0.1) is 11.3 Å². The van der Waals surface area contributed by atoms with Crippen LogP contribution in [0.25, 0.3) is 11.3 Å². The van der Waals surface area contributed by atoms with Crippen LogP contribution in [0.3, 0.4) is 0 Å². The SMILES string of the molecule is CN1[C@@H]2CC[C@H]1CC(=NNc1nc(-c3ccc(C(F)(F)F)cc3)cs1)C2. The molecule has 4 nitrogen and oxygen atoms in total. The molecule has 4 rings (SSSR count). The fraction of sp³-hybridized carbons (Fsp3) is 0.444. The van der Waals surface area contributed by atoms with Gasteiger partial charge in [0.15, 0.2) is 0 Å². The largest absolute Gasteiger partial charge is 0.416 e. The molecule has 26 heavy (non-hydrogen) atoms. The van der Waals surface area contributed by atoms with Crippen LogP contribution in [0.4, 0.5) is 18.3 Å². The number of thiazole rings is 1. The normalized spacial score (nSPS) is 25.0. The highest BCUT2D eigenvalue weighted by Crippen LogP contribution is 2.34. The van der Waals surface area contributed by atoms with Crippen LogP contribution >= 0.6 is 11.3 Å². The molecule has 0 radical (unpaired) electrons. The Labute approximate surface area is 153 Å². The molecular weight excluding hydrogens is 361 g/mol. The summed E-state index contributed by atoms with van der Waals surface area (Å²) in [5.41, 5.74) is 4.84. The van der Waals surface area contributed by atoms with E-state index in [0.717, 1.165) is 25.0 Å². The van der Waals surface area contributed by atoms with E-state index >= 15 is 0 Å². The molecule has 2 aromatic rings. The summed E-state index contributed by atoms with van der Waals surface area (Å²) >= 11 is 1.40. The average molecular weight is 380 g/mol. The number of halogens is 3. The third-order valence-corrected chi connectivity index (χ3v) is 6.00. The molecule has 0 saturated carbocycles. The molecule has 138 valence electrons. The Kier molecular flexibility index (Phi) is 4.48. The Morgan fingerprint density at radius 2 is 1.81 bits per heavy atom. The number of anilines is 1. The van der Waals surface area contributed by atoms with Crippen molar-refractivity contribution < 1.29 is 13.2 Å². The van der Waals surface area contributed by atoms with Crippen molar-refractivity contribution in [2.75, 3.05) is 12.5 Å². The zero-order chi connectivity index (χ0) is 18.3. The third kappa shape index (κ3) is 3.48. The van der Waals surface area contributed by atoms with Crippen LogP contribution in [0.5, 0.6) is 0 Å². The standard InChI is InChI=1S/C18H19F3N4S/c1-25-14-6-7-15(25)9-13(8-14)23-24-17-22-16(10-26-17)11-2-4-12(5-3-11)18(19,20)21/h2-5,10,14-15H,6-9H2,1H3,(H,22,24)/t14-,15+. The first-order chi connectivity index (χ1) is 12.4. The number of hydrazone groups is 1. The lowest BCUT2D eigenvalue weighted by Gasteiger charge is -2.31. The maximum atomic E-state index is 12.6. The lowest BCUT2D eigenvalue weighted by atomic mass is 10.0. The number of fused-ring (bicyclic) bond motifs is 2. The van der Waals surface area contributed by atoms with Crippen molar-refractivity contribution in [3.05, 3.63) is 35.2 Å². The summed E-state index contributed by atoms with van der Waals surface area (Å²) in [5.74, 6) is 0. The highest BCUT2D eigenvalue weighted by molar-refractivity contribution is 7.14. The monoisotopic (exact) mass is 380 g/mol. The van der Waals surface area contributed by atoms with Crippen LogP contribution in [0.15, 0.2) is 34.7 Å². The zero-order valence-corrected chi connectivity index (χ0v) is 15.1. The first kappa shape index (κ1) is 17.5. The summed E-state index contributed by atoms with van der Waals surface area (Å²) in [6.07, 6.45) is 0.107. The second-order valence-corrected chi connectivity index (χ2v) is 7.72. The Bertz CT molecular complexity index is 797. The number of hydrogen-bond acceptors (Lipinski definition) is 5. The molecule has 2 aliphatic heterocycles. The molecule has 2 bridgehead atoms. The Morgan fingerprint density at radius 1 is 1.15 bits per heavy atom. The highest BCUT2D eigenvalue weighted by Gasteiger charge is 2.36. The van der Waals surface area contributed by atoms with Gasteiger partial charge in [0.25, 0.3) is 0 Å². The molecule has 2 atom stereocenters. The minimum absolute atomic E-state index is 0.591. The average Bonchev–Trinajstić information content (AvgIpc) is 3.14. The number of nitrogens with one attached hydrogen (secondary N) is 1. The van der Waals surface area contributed by atoms with E-state index in [9.17, 15) is 13.2 Å². The molecule has 0 unspecified atom stereocenters. The van der Waals surface area contributed by atoms with E-state index in [0.29, 0.717) is 28.5 Å². The molecule has 8 heteroatoms. The van der Waals surface area contributed by atoms with Gasteiger partial charge >= 0.3 is 6.18 Å². The molecule has 2 fully saturated rings. The van der Waals surface area contributed by atoms with Crippen LogP contribution in [-0.2, 0) is 6.18 Å². The minimum atomic E-state index is -4.32. The van der Waals surface area contributed by atoms with Gasteiger partial charge in [0.05, 0.1) is 11.3 Å². The number of piperidine rings is 1. The second-order valence-electron chi connectivity index (χ2n) is 6.86. The van der Waals surface area contributed by atoms with Gasteiger partial charge in [-0.1, -0.05) is 12.1 Å². The highest BCUT2D eigenvalue weighted by atomic mass is 32.1.